The van der Waals surface area contributed by atoms with Gasteiger partial charge in [-0.3, -0.25) is 0 Å². The van der Waals surface area contributed by atoms with Crippen LogP contribution in [0.4, 0.5) is 13.2 Å². The van der Waals surface area contributed by atoms with E-state index in [1.54, 1.807) is 0 Å². The molecule has 0 aromatic rings. The van der Waals surface area contributed by atoms with Crippen LogP contribution < -0.4 is 5.32 Å². The lowest BCUT2D eigenvalue weighted by Gasteiger charge is -2.25. The molecule has 0 bridgehead atoms. The van der Waals surface area contributed by atoms with E-state index in [0.29, 0.717) is 6.61 Å². The first-order valence-corrected chi connectivity index (χ1v) is 2.98. The topological polar surface area (TPSA) is 21.3 Å². The van der Waals surface area contributed by atoms with Crippen molar-refractivity contribution in [1.82, 2.24) is 5.32 Å². The van der Waals surface area contributed by atoms with Crippen molar-refractivity contribution in [1.29, 1.82) is 0 Å². The number of rotatable bonds is 0. The van der Waals surface area contributed by atoms with Crippen molar-refractivity contribution in [2.75, 3.05) is 19.8 Å². The third-order valence-electron chi connectivity index (χ3n) is 1.32. The Bertz CT molecular complexity index is 108. The molecular weight excluding hydrogens is 147 g/mol. The summed E-state index contributed by atoms with van der Waals surface area (Å²) < 4.78 is 40.0. The molecule has 1 saturated heterocycles. The minimum Gasteiger partial charge on any atom is -0.378 e. The van der Waals surface area contributed by atoms with Crippen molar-refractivity contribution in [2.45, 2.75) is 12.2 Å². The van der Waals surface area contributed by atoms with Crippen LogP contribution in [-0.2, 0) is 4.74 Å². The summed E-state index contributed by atoms with van der Waals surface area (Å²) in [6, 6.07) is -1.47. The highest BCUT2D eigenvalue weighted by molar-refractivity contribution is 4.76. The summed E-state index contributed by atoms with van der Waals surface area (Å²) in [5.74, 6) is 0. The Morgan fingerprint density at radius 1 is 1.40 bits per heavy atom. The zero-order chi connectivity index (χ0) is 7.61. The molecule has 0 unspecified atom stereocenters. The maximum atomic E-state index is 11.8. The monoisotopic (exact) mass is 155 g/mol. The van der Waals surface area contributed by atoms with Gasteiger partial charge in [0.15, 0.2) is 0 Å². The van der Waals surface area contributed by atoms with E-state index < -0.39 is 12.2 Å². The summed E-state index contributed by atoms with van der Waals surface area (Å²) in [5, 5.41) is 2.31. The van der Waals surface area contributed by atoms with Gasteiger partial charge in [-0.1, -0.05) is 0 Å². The third kappa shape index (κ3) is 1.85. The van der Waals surface area contributed by atoms with E-state index in [-0.39, 0.29) is 13.2 Å². The Hall–Kier alpha value is -0.290. The molecule has 5 heteroatoms. The summed E-state index contributed by atoms with van der Waals surface area (Å²) in [7, 11) is 0. The van der Waals surface area contributed by atoms with Gasteiger partial charge in [-0.25, -0.2) is 0 Å². The van der Waals surface area contributed by atoms with Gasteiger partial charge in [0.1, 0.15) is 6.04 Å². The third-order valence-corrected chi connectivity index (χ3v) is 1.32. The fourth-order valence-corrected chi connectivity index (χ4v) is 0.776. The SMILES string of the molecule is FC(F)(F)[C@@H]1COCCN1. The van der Waals surface area contributed by atoms with Crippen LogP contribution in [0.15, 0.2) is 0 Å². The van der Waals surface area contributed by atoms with Gasteiger partial charge in [-0.2, -0.15) is 13.2 Å². The number of ether oxygens (including phenoxy) is 1. The Labute approximate surface area is 56.4 Å². The second-order valence-corrected chi connectivity index (χ2v) is 2.12. The van der Waals surface area contributed by atoms with Crippen LogP contribution >= 0.6 is 0 Å². The highest BCUT2D eigenvalue weighted by Crippen LogP contribution is 2.21. The predicted molar refractivity (Wildman–Crippen MR) is 28.7 cm³/mol. The molecule has 2 nitrogen and oxygen atoms in total. The van der Waals surface area contributed by atoms with Crippen molar-refractivity contribution in [3.63, 3.8) is 0 Å². The van der Waals surface area contributed by atoms with Crippen LogP contribution in [0, 0.1) is 0 Å². The zero-order valence-electron chi connectivity index (χ0n) is 5.24. The second kappa shape index (κ2) is 2.75. The summed E-state index contributed by atoms with van der Waals surface area (Å²) >= 11 is 0. The first kappa shape index (κ1) is 7.81. The zero-order valence-corrected chi connectivity index (χ0v) is 5.24. The fourth-order valence-electron chi connectivity index (χ4n) is 0.776. The number of alkyl halides is 3. The quantitative estimate of drug-likeness (QED) is 0.551. The molecule has 0 saturated carbocycles. The molecule has 1 aliphatic heterocycles. The van der Waals surface area contributed by atoms with Crippen LogP contribution in [0.3, 0.4) is 0 Å². The highest BCUT2D eigenvalue weighted by Gasteiger charge is 2.40. The molecule has 0 aromatic heterocycles. The maximum Gasteiger partial charge on any atom is 0.406 e. The second-order valence-electron chi connectivity index (χ2n) is 2.12. The number of halogens is 3. The lowest BCUT2D eigenvalue weighted by molar-refractivity contribution is -0.176. The normalized spacial score (nSPS) is 28.5. The molecular formula is C5H8F3NO. The molecule has 1 rings (SSSR count). The minimum absolute atomic E-state index is 0.260. The van der Waals surface area contributed by atoms with E-state index in [9.17, 15) is 13.2 Å². The summed E-state index contributed by atoms with van der Waals surface area (Å²) in [5.41, 5.74) is 0. The van der Waals surface area contributed by atoms with Gasteiger partial charge in [-0.05, 0) is 0 Å². The largest absolute Gasteiger partial charge is 0.406 e. The molecule has 1 fully saturated rings. The van der Waals surface area contributed by atoms with Crippen molar-refractivity contribution in [3.05, 3.63) is 0 Å². The molecule has 0 aromatic carbocycles. The first-order chi connectivity index (χ1) is 4.61. The Morgan fingerprint density at radius 3 is 2.40 bits per heavy atom. The Balaban J connectivity index is 2.39. The van der Waals surface area contributed by atoms with Gasteiger partial charge in [0.05, 0.1) is 13.2 Å². The minimum atomic E-state index is -4.17. The van der Waals surface area contributed by atoms with Gasteiger partial charge < -0.3 is 10.1 Å². The fraction of sp³-hybridized carbons (Fsp3) is 1.00. The van der Waals surface area contributed by atoms with Crippen LogP contribution in [0.1, 0.15) is 0 Å². The average molecular weight is 155 g/mol. The molecule has 1 atom stereocenters. The van der Waals surface area contributed by atoms with E-state index in [2.05, 4.69) is 10.1 Å². The van der Waals surface area contributed by atoms with Crippen LogP contribution in [0.2, 0.25) is 0 Å². The van der Waals surface area contributed by atoms with E-state index in [0.717, 1.165) is 0 Å². The average Bonchev–Trinajstić information content (AvgIpc) is 1.88. The van der Waals surface area contributed by atoms with E-state index in [4.69, 9.17) is 0 Å². The van der Waals surface area contributed by atoms with Crippen LogP contribution in [0.5, 0.6) is 0 Å². The van der Waals surface area contributed by atoms with Crippen LogP contribution in [0.25, 0.3) is 0 Å². The first-order valence-electron chi connectivity index (χ1n) is 2.98. The summed E-state index contributed by atoms with van der Waals surface area (Å²) in [4.78, 5) is 0. The van der Waals surface area contributed by atoms with E-state index in [1.807, 2.05) is 0 Å². The molecule has 0 amide bonds. The summed E-state index contributed by atoms with van der Waals surface area (Å²) in [6.07, 6.45) is -4.17. The van der Waals surface area contributed by atoms with Gasteiger partial charge >= 0.3 is 6.18 Å². The molecule has 0 spiro atoms. The predicted octanol–water partition coefficient (Wildman–Crippen LogP) is 0.537. The molecule has 0 radical (unpaired) electrons. The summed E-state index contributed by atoms with van der Waals surface area (Å²) in [6.45, 7) is 0.389. The van der Waals surface area contributed by atoms with Gasteiger partial charge in [0.25, 0.3) is 0 Å². The Kier molecular flexibility index (Phi) is 2.15. The van der Waals surface area contributed by atoms with E-state index >= 15 is 0 Å². The number of nitrogens with one attached hydrogen (secondary N) is 1. The van der Waals surface area contributed by atoms with Crippen molar-refractivity contribution >= 4 is 0 Å². The van der Waals surface area contributed by atoms with Crippen molar-refractivity contribution < 1.29 is 17.9 Å². The van der Waals surface area contributed by atoms with Gasteiger partial charge in [-0.15, -0.1) is 0 Å². The number of hydrogen-bond donors (Lipinski definition) is 1. The number of hydrogen-bond acceptors (Lipinski definition) is 2. The van der Waals surface area contributed by atoms with Crippen molar-refractivity contribution in [2.24, 2.45) is 0 Å². The lowest BCUT2D eigenvalue weighted by atomic mass is 10.3. The van der Waals surface area contributed by atoms with E-state index in [1.165, 1.54) is 0 Å². The van der Waals surface area contributed by atoms with Crippen molar-refractivity contribution in [3.8, 4) is 0 Å². The van der Waals surface area contributed by atoms with Gasteiger partial charge in [0, 0.05) is 6.54 Å². The molecule has 10 heavy (non-hydrogen) atoms. The molecule has 0 aliphatic carbocycles. The Morgan fingerprint density at radius 2 is 2.10 bits per heavy atom. The molecule has 1 aliphatic rings. The molecule has 60 valence electrons. The standard InChI is InChI=1S/C5H8F3NO/c6-5(7,8)4-3-10-2-1-9-4/h4,9H,1-3H2/t4-/m0/s1. The van der Waals surface area contributed by atoms with Gasteiger partial charge in [0.2, 0.25) is 0 Å². The highest BCUT2D eigenvalue weighted by atomic mass is 19.4. The maximum absolute atomic E-state index is 11.8. The molecule has 1 heterocycles. The smallest absolute Gasteiger partial charge is 0.378 e. The number of morpholine rings is 1. The van der Waals surface area contributed by atoms with Crippen LogP contribution in [-0.4, -0.2) is 32.0 Å². The lowest BCUT2D eigenvalue weighted by Crippen LogP contribution is -2.50. The molecule has 1 N–H and O–H groups in total.